The van der Waals surface area contributed by atoms with Crippen LogP contribution in [-0.2, 0) is 4.79 Å². The first-order valence-corrected chi connectivity index (χ1v) is 2.71. The predicted molar refractivity (Wildman–Crippen MR) is 32.5 cm³/mol. The van der Waals surface area contributed by atoms with Gasteiger partial charge in [0.1, 0.15) is 0 Å². The van der Waals surface area contributed by atoms with Crippen LogP contribution in [0.3, 0.4) is 0 Å². The minimum atomic E-state index is -0.350. The molecule has 0 aliphatic carbocycles. The Morgan fingerprint density at radius 1 is 2.00 bits per heavy atom. The van der Waals surface area contributed by atoms with Crippen LogP contribution in [0.25, 0.3) is 0 Å². The summed E-state index contributed by atoms with van der Waals surface area (Å²) in [6.45, 7) is 1.65. The van der Waals surface area contributed by atoms with Crippen molar-refractivity contribution in [2.75, 3.05) is 5.75 Å². The Labute approximate surface area is 48.5 Å². The smallest absolute Gasteiger partial charge is 0.158 e. The van der Waals surface area contributed by atoms with E-state index in [0.717, 1.165) is 0 Å². The molecule has 2 N–H and O–H groups in total. The monoisotopic (exact) mass is 119 g/mol. The number of Topliss-reactive ketones (excluding diaryl/α,β-unsaturated/α-hetero) is 1. The second-order valence-electron chi connectivity index (χ2n) is 1.41. The lowest BCUT2D eigenvalue weighted by Gasteiger charge is -1.96. The fraction of sp³-hybridized carbons (Fsp3) is 0.750. The minimum Gasteiger partial charge on any atom is -0.322 e. The van der Waals surface area contributed by atoms with Crippen molar-refractivity contribution >= 4 is 18.4 Å². The van der Waals surface area contributed by atoms with E-state index in [1.54, 1.807) is 6.92 Å². The molecule has 0 aliphatic heterocycles. The summed E-state index contributed by atoms with van der Waals surface area (Å²) in [5, 5.41) is 0. The third kappa shape index (κ3) is 2.65. The number of rotatable bonds is 2. The van der Waals surface area contributed by atoms with Gasteiger partial charge in [-0.2, -0.15) is 12.6 Å². The average Bonchev–Trinajstić information content (AvgIpc) is 1.65. The van der Waals surface area contributed by atoms with Crippen molar-refractivity contribution in [1.82, 2.24) is 0 Å². The fourth-order valence-corrected chi connectivity index (χ4v) is 0.432. The Kier molecular flexibility index (Phi) is 3.04. The lowest BCUT2D eigenvalue weighted by atomic mass is 10.3. The van der Waals surface area contributed by atoms with Gasteiger partial charge < -0.3 is 5.73 Å². The van der Waals surface area contributed by atoms with Gasteiger partial charge in [0, 0.05) is 0 Å². The van der Waals surface area contributed by atoms with Crippen molar-refractivity contribution in [3.63, 3.8) is 0 Å². The molecule has 0 spiro atoms. The van der Waals surface area contributed by atoms with Gasteiger partial charge in [-0.05, 0) is 6.92 Å². The minimum absolute atomic E-state index is 0.0108. The van der Waals surface area contributed by atoms with E-state index < -0.39 is 0 Å². The van der Waals surface area contributed by atoms with E-state index in [9.17, 15) is 4.79 Å². The molecule has 2 nitrogen and oxygen atoms in total. The number of ketones is 1. The van der Waals surface area contributed by atoms with Crippen LogP contribution in [0.1, 0.15) is 6.92 Å². The molecule has 0 aliphatic rings. The van der Waals surface area contributed by atoms with Crippen LogP contribution in [0.2, 0.25) is 0 Å². The Morgan fingerprint density at radius 3 is 2.43 bits per heavy atom. The highest BCUT2D eigenvalue weighted by Gasteiger charge is 2.01. The summed E-state index contributed by atoms with van der Waals surface area (Å²) in [6, 6.07) is -0.350. The second-order valence-corrected chi connectivity index (χ2v) is 1.73. The van der Waals surface area contributed by atoms with Crippen LogP contribution < -0.4 is 5.73 Å². The van der Waals surface area contributed by atoms with Gasteiger partial charge in [-0.25, -0.2) is 0 Å². The molecular weight excluding hydrogens is 110 g/mol. The Bertz CT molecular complexity index is 72.1. The Hall–Kier alpha value is -0.0200. The van der Waals surface area contributed by atoms with Crippen LogP contribution in [0.5, 0.6) is 0 Å². The Balaban J connectivity index is 3.35. The summed E-state index contributed by atoms with van der Waals surface area (Å²) in [7, 11) is 0. The molecule has 0 aromatic rings. The molecule has 0 bridgehead atoms. The number of hydrogen-bond donors (Lipinski definition) is 2. The molecule has 1 atom stereocenters. The van der Waals surface area contributed by atoms with Gasteiger partial charge in [-0.3, -0.25) is 4.79 Å². The van der Waals surface area contributed by atoms with Gasteiger partial charge in [0.25, 0.3) is 0 Å². The summed E-state index contributed by atoms with van der Waals surface area (Å²) >= 11 is 3.73. The molecule has 0 aromatic carbocycles. The zero-order valence-corrected chi connectivity index (χ0v) is 5.11. The first-order valence-electron chi connectivity index (χ1n) is 2.07. The van der Waals surface area contributed by atoms with Crippen molar-refractivity contribution in [1.29, 1.82) is 0 Å². The maximum Gasteiger partial charge on any atom is 0.158 e. The van der Waals surface area contributed by atoms with Crippen LogP contribution in [0.15, 0.2) is 0 Å². The lowest BCUT2D eigenvalue weighted by molar-refractivity contribution is -0.117. The zero-order chi connectivity index (χ0) is 5.86. The van der Waals surface area contributed by atoms with E-state index in [4.69, 9.17) is 5.73 Å². The number of hydrogen-bond acceptors (Lipinski definition) is 3. The first kappa shape index (κ1) is 6.98. The molecule has 0 aromatic heterocycles. The van der Waals surface area contributed by atoms with Crippen molar-refractivity contribution in [2.45, 2.75) is 13.0 Å². The van der Waals surface area contributed by atoms with Crippen molar-refractivity contribution in [2.24, 2.45) is 5.73 Å². The van der Waals surface area contributed by atoms with E-state index in [-0.39, 0.29) is 17.6 Å². The molecule has 0 radical (unpaired) electrons. The SMILES string of the molecule is C[C@@H](N)C(=O)CS. The third-order valence-electron chi connectivity index (χ3n) is 0.664. The van der Waals surface area contributed by atoms with Crippen molar-refractivity contribution in [3.8, 4) is 0 Å². The normalized spacial score (nSPS) is 13.6. The van der Waals surface area contributed by atoms with E-state index >= 15 is 0 Å². The lowest BCUT2D eigenvalue weighted by Crippen LogP contribution is -2.27. The van der Waals surface area contributed by atoms with E-state index in [0.29, 0.717) is 0 Å². The quantitative estimate of drug-likeness (QED) is 0.496. The largest absolute Gasteiger partial charge is 0.322 e. The number of nitrogens with two attached hydrogens (primary N) is 1. The average molecular weight is 119 g/mol. The van der Waals surface area contributed by atoms with Gasteiger partial charge >= 0.3 is 0 Å². The molecule has 42 valence electrons. The summed E-state index contributed by atoms with van der Waals surface area (Å²) < 4.78 is 0. The van der Waals surface area contributed by atoms with Crippen molar-refractivity contribution < 1.29 is 4.79 Å². The summed E-state index contributed by atoms with van der Waals surface area (Å²) in [4.78, 5) is 10.3. The number of carbonyl (C=O) groups is 1. The van der Waals surface area contributed by atoms with Crippen LogP contribution in [0.4, 0.5) is 0 Å². The highest BCUT2D eigenvalue weighted by atomic mass is 32.1. The molecule has 0 saturated carbocycles. The Morgan fingerprint density at radius 2 is 2.43 bits per heavy atom. The molecule has 0 unspecified atom stereocenters. The fourth-order valence-electron chi connectivity index (χ4n) is 0.144. The van der Waals surface area contributed by atoms with E-state index in [1.165, 1.54) is 0 Å². The van der Waals surface area contributed by atoms with Crippen molar-refractivity contribution in [3.05, 3.63) is 0 Å². The van der Waals surface area contributed by atoms with Gasteiger partial charge in [0.2, 0.25) is 0 Å². The highest BCUT2D eigenvalue weighted by Crippen LogP contribution is 1.81. The molecule has 0 amide bonds. The zero-order valence-electron chi connectivity index (χ0n) is 4.22. The van der Waals surface area contributed by atoms with Gasteiger partial charge in [-0.1, -0.05) is 0 Å². The van der Waals surface area contributed by atoms with Crippen LogP contribution in [-0.4, -0.2) is 17.6 Å². The van der Waals surface area contributed by atoms with E-state index in [2.05, 4.69) is 12.6 Å². The molecule has 3 heteroatoms. The first-order chi connectivity index (χ1) is 3.18. The standard InChI is InChI=1S/C4H9NOS/c1-3(5)4(6)2-7/h3,7H,2,5H2,1H3/t3-/m1/s1. The third-order valence-corrected chi connectivity index (χ3v) is 0.975. The van der Waals surface area contributed by atoms with Crippen LogP contribution >= 0.6 is 12.6 Å². The van der Waals surface area contributed by atoms with Gasteiger partial charge in [0.05, 0.1) is 11.8 Å². The predicted octanol–water partition coefficient (Wildman–Crippen LogP) is -0.167. The molecule has 0 heterocycles. The topological polar surface area (TPSA) is 43.1 Å². The highest BCUT2D eigenvalue weighted by molar-refractivity contribution is 7.81. The van der Waals surface area contributed by atoms with Gasteiger partial charge in [0.15, 0.2) is 5.78 Å². The van der Waals surface area contributed by atoms with Gasteiger partial charge in [-0.15, -0.1) is 0 Å². The van der Waals surface area contributed by atoms with Crippen LogP contribution in [0, 0.1) is 0 Å². The summed E-state index contributed by atoms with van der Waals surface area (Å²) in [5.74, 6) is 0.237. The molecule has 0 saturated heterocycles. The second kappa shape index (κ2) is 3.04. The number of thiol groups is 1. The van der Waals surface area contributed by atoms with E-state index in [1.807, 2.05) is 0 Å². The maximum absolute atomic E-state index is 10.3. The molecular formula is C4H9NOS. The molecule has 0 fully saturated rings. The summed E-state index contributed by atoms with van der Waals surface area (Å²) in [6.07, 6.45) is 0. The molecule has 7 heavy (non-hydrogen) atoms. The summed E-state index contributed by atoms with van der Waals surface area (Å²) in [5.41, 5.74) is 5.15. The number of carbonyl (C=O) groups excluding carboxylic acids is 1. The molecule has 0 rings (SSSR count). The maximum atomic E-state index is 10.3.